The number of aromatic nitrogens is 1. The minimum atomic E-state index is 0.00988. The molecule has 0 spiro atoms. The second-order valence-electron chi connectivity index (χ2n) is 5.56. The van der Waals surface area contributed by atoms with Crippen molar-refractivity contribution < 1.29 is 4.79 Å². The summed E-state index contributed by atoms with van der Waals surface area (Å²) in [5.41, 5.74) is 5.04. The van der Waals surface area contributed by atoms with Gasteiger partial charge in [0, 0.05) is 48.0 Å². The van der Waals surface area contributed by atoms with Crippen LogP contribution in [0.3, 0.4) is 0 Å². The van der Waals surface area contributed by atoms with Gasteiger partial charge in [-0.3, -0.25) is 9.79 Å². The first-order chi connectivity index (χ1) is 11.1. The van der Waals surface area contributed by atoms with E-state index in [1.807, 2.05) is 49.5 Å². The zero-order valence-electron chi connectivity index (χ0n) is 13.5. The van der Waals surface area contributed by atoms with Crippen LogP contribution < -0.4 is 4.90 Å². The highest BCUT2D eigenvalue weighted by Crippen LogP contribution is 2.22. The molecular formula is C19H19N3O. The zero-order valence-corrected chi connectivity index (χ0v) is 13.5. The third-order valence-electron chi connectivity index (χ3n) is 4.00. The van der Waals surface area contributed by atoms with E-state index in [0.29, 0.717) is 0 Å². The Kier molecular flexibility index (Phi) is 3.98. The quantitative estimate of drug-likeness (QED) is 0.724. The minimum absolute atomic E-state index is 0.00988. The molecule has 1 amide bonds. The molecule has 4 nitrogen and oxygen atoms in total. The summed E-state index contributed by atoms with van der Waals surface area (Å²) in [5.74, 6) is 0.00988. The summed E-state index contributed by atoms with van der Waals surface area (Å²) in [6.45, 7) is 3.60. The van der Waals surface area contributed by atoms with E-state index in [-0.39, 0.29) is 5.91 Å². The van der Waals surface area contributed by atoms with Gasteiger partial charge in [-0.15, -0.1) is 0 Å². The highest BCUT2D eigenvalue weighted by Gasteiger charge is 2.06. The molecule has 0 atom stereocenters. The van der Waals surface area contributed by atoms with Gasteiger partial charge in [-0.25, -0.2) is 0 Å². The molecule has 1 N–H and O–H groups in total. The molecule has 2 aromatic carbocycles. The Morgan fingerprint density at radius 2 is 1.83 bits per heavy atom. The van der Waals surface area contributed by atoms with Crippen LogP contribution >= 0.6 is 0 Å². The summed E-state index contributed by atoms with van der Waals surface area (Å²) < 4.78 is 0. The number of H-pyrrole nitrogens is 1. The van der Waals surface area contributed by atoms with E-state index in [1.165, 1.54) is 5.39 Å². The summed E-state index contributed by atoms with van der Waals surface area (Å²) in [4.78, 5) is 20.9. The minimum Gasteiger partial charge on any atom is -0.358 e. The first-order valence-electron chi connectivity index (χ1n) is 7.52. The Bertz CT molecular complexity index is 875. The van der Waals surface area contributed by atoms with Gasteiger partial charge < -0.3 is 9.88 Å². The van der Waals surface area contributed by atoms with Gasteiger partial charge in [0.15, 0.2) is 0 Å². The Morgan fingerprint density at radius 3 is 2.52 bits per heavy atom. The van der Waals surface area contributed by atoms with E-state index in [4.69, 9.17) is 0 Å². The number of aliphatic imine (C=N–C) groups is 1. The van der Waals surface area contributed by atoms with Crippen molar-refractivity contribution in [3.63, 3.8) is 0 Å². The average molecular weight is 305 g/mol. The van der Waals surface area contributed by atoms with Crippen LogP contribution in [-0.4, -0.2) is 24.2 Å². The fourth-order valence-electron chi connectivity index (χ4n) is 2.55. The van der Waals surface area contributed by atoms with Crippen LogP contribution in [-0.2, 0) is 4.79 Å². The predicted molar refractivity (Wildman–Crippen MR) is 95.8 cm³/mol. The number of para-hydroxylation sites is 1. The van der Waals surface area contributed by atoms with Crippen LogP contribution in [0, 0.1) is 6.92 Å². The van der Waals surface area contributed by atoms with Gasteiger partial charge in [0.05, 0.1) is 5.69 Å². The maximum Gasteiger partial charge on any atom is 0.223 e. The molecule has 0 bridgehead atoms. The molecule has 0 aliphatic carbocycles. The molecule has 23 heavy (non-hydrogen) atoms. The number of amides is 1. The maximum atomic E-state index is 11.4. The SMILES string of the molecule is CC(=O)N(C)c1ccc(N=Cc2c(C)[nH]c3ccccc23)cc1. The van der Waals surface area contributed by atoms with Gasteiger partial charge in [-0.05, 0) is 37.3 Å². The summed E-state index contributed by atoms with van der Waals surface area (Å²) in [6.07, 6.45) is 1.89. The van der Waals surface area contributed by atoms with Crippen LogP contribution in [0.25, 0.3) is 10.9 Å². The van der Waals surface area contributed by atoms with Crippen LogP contribution in [0.4, 0.5) is 11.4 Å². The summed E-state index contributed by atoms with van der Waals surface area (Å²) in [5, 5.41) is 1.17. The van der Waals surface area contributed by atoms with Crippen LogP contribution in [0.2, 0.25) is 0 Å². The van der Waals surface area contributed by atoms with Crippen LogP contribution in [0.5, 0.6) is 0 Å². The number of fused-ring (bicyclic) bond motifs is 1. The lowest BCUT2D eigenvalue weighted by molar-refractivity contribution is -0.116. The number of aryl methyl sites for hydroxylation is 1. The van der Waals surface area contributed by atoms with Gasteiger partial charge in [0.25, 0.3) is 0 Å². The Hall–Kier alpha value is -2.88. The molecule has 0 aliphatic heterocycles. The smallest absolute Gasteiger partial charge is 0.223 e. The molecule has 3 rings (SSSR count). The molecule has 0 saturated carbocycles. The third-order valence-corrected chi connectivity index (χ3v) is 4.00. The highest BCUT2D eigenvalue weighted by atomic mass is 16.2. The van der Waals surface area contributed by atoms with Crippen LogP contribution in [0.1, 0.15) is 18.2 Å². The Morgan fingerprint density at radius 1 is 1.13 bits per heavy atom. The molecule has 4 heteroatoms. The van der Waals surface area contributed by atoms with Crippen molar-refractivity contribution in [3.05, 3.63) is 59.8 Å². The van der Waals surface area contributed by atoms with Crippen molar-refractivity contribution >= 4 is 34.4 Å². The van der Waals surface area contributed by atoms with Gasteiger partial charge >= 0.3 is 0 Å². The van der Waals surface area contributed by atoms with Gasteiger partial charge in [0.1, 0.15) is 0 Å². The number of aromatic amines is 1. The highest BCUT2D eigenvalue weighted by molar-refractivity contribution is 6.01. The number of rotatable bonds is 3. The molecule has 0 saturated heterocycles. The summed E-state index contributed by atoms with van der Waals surface area (Å²) in [7, 11) is 1.76. The maximum absolute atomic E-state index is 11.4. The van der Waals surface area contributed by atoms with Crippen molar-refractivity contribution in [1.82, 2.24) is 4.98 Å². The van der Waals surface area contributed by atoms with E-state index in [9.17, 15) is 4.79 Å². The van der Waals surface area contributed by atoms with Crippen molar-refractivity contribution in [2.24, 2.45) is 4.99 Å². The molecule has 3 aromatic rings. The molecular weight excluding hydrogens is 286 g/mol. The number of anilines is 1. The first kappa shape index (κ1) is 15.0. The molecule has 0 radical (unpaired) electrons. The number of carbonyl (C=O) groups is 1. The third kappa shape index (κ3) is 3.01. The second-order valence-corrected chi connectivity index (χ2v) is 5.56. The zero-order chi connectivity index (χ0) is 16.4. The molecule has 0 aliphatic rings. The molecule has 0 unspecified atom stereocenters. The molecule has 0 fully saturated rings. The summed E-state index contributed by atoms with van der Waals surface area (Å²) in [6, 6.07) is 15.8. The lowest BCUT2D eigenvalue weighted by Gasteiger charge is -2.14. The van der Waals surface area contributed by atoms with Gasteiger partial charge in [0.2, 0.25) is 5.91 Å². The fourth-order valence-corrected chi connectivity index (χ4v) is 2.55. The lowest BCUT2D eigenvalue weighted by atomic mass is 10.1. The Labute approximate surface area is 135 Å². The number of hydrogen-bond acceptors (Lipinski definition) is 2. The number of nitrogens with one attached hydrogen (secondary N) is 1. The number of hydrogen-bond donors (Lipinski definition) is 1. The number of carbonyl (C=O) groups excluding carboxylic acids is 1. The Balaban J connectivity index is 1.87. The van der Waals surface area contributed by atoms with Crippen molar-refractivity contribution in [2.45, 2.75) is 13.8 Å². The van der Waals surface area contributed by atoms with E-state index >= 15 is 0 Å². The normalized spacial score (nSPS) is 11.3. The van der Waals surface area contributed by atoms with E-state index < -0.39 is 0 Å². The molecule has 1 heterocycles. The molecule has 116 valence electrons. The standard InChI is InChI=1S/C19H19N3O/c1-13-18(17-6-4-5-7-19(17)21-13)12-20-15-8-10-16(11-9-15)22(3)14(2)23/h4-12,21H,1-3H3. The summed E-state index contributed by atoms with van der Waals surface area (Å²) >= 11 is 0. The van der Waals surface area contributed by atoms with E-state index in [1.54, 1.807) is 18.9 Å². The predicted octanol–water partition coefficient (Wildman–Crippen LogP) is 4.21. The lowest BCUT2D eigenvalue weighted by Crippen LogP contribution is -2.22. The van der Waals surface area contributed by atoms with Crippen molar-refractivity contribution in [2.75, 3.05) is 11.9 Å². The number of benzene rings is 2. The van der Waals surface area contributed by atoms with E-state index in [0.717, 1.165) is 28.1 Å². The second kappa shape index (κ2) is 6.08. The molecule has 1 aromatic heterocycles. The van der Waals surface area contributed by atoms with Crippen molar-refractivity contribution in [1.29, 1.82) is 0 Å². The van der Waals surface area contributed by atoms with Gasteiger partial charge in [-0.2, -0.15) is 0 Å². The van der Waals surface area contributed by atoms with Gasteiger partial charge in [-0.1, -0.05) is 18.2 Å². The van der Waals surface area contributed by atoms with Crippen LogP contribution in [0.15, 0.2) is 53.5 Å². The average Bonchev–Trinajstić information content (AvgIpc) is 2.88. The fraction of sp³-hybridized carbons (Fsp3) is 0.158. The van der Waals surface area contributed by atoms with Crippen molar-refractivity contribution in [3.8, 4) is 0 Å². The largest absolute Gasteiger partial charge is 0.358 e. The monoisotopic (exact) mass is 305 g/mol. The first-order valence-corrected chi connectivity index (χ1v) is 7.52. The number of nitrogens with zero attached hydrogens (tertiary/aromatic N) is 2. The van der Waals surface area contributed by atoms with E-state index in [2.05, 4.69) is 22.1 Å². The topological polar surface area (TPSA) is 48.5 Å².